The van der Waals surface area contributed by atoms with E-state index in [0.717, 1.165) is 6.54 Å². The molecular formula is C13H31N3. The summed E-state index contributed by atoms with van der Waals surface area (Å²) in [5, 5.41) is 3.47. The predicted octanol–water partition coefficient (Wildman–Crippen LogP) is 1.65. The van der Waals surface area contributed by atoms with Gasteiger partial charge in [-0.2, -0.15) is 0 Å². The molecule has 0 aromatic rings. The molecule has 0 rings (SSSR count). The van der Waals surface area contributed by atoms with Gasteiger partial charge in [-0.15, -0.1) is 0 Å². The van der Waals surface area contributed by atoms with E-state index < -0.39 is 0 Å². The van der Waals surface area contributed by atoms with Crippen molar-refractivity contribution in [1.29, 1.82) is 0 Å². The highest BCUT2D eigenvalue weighted by atomic mass is 15.1. The molecule has 16 heavy (non-hydrogen) atoms. The van der Waals surface area contributed by atoms with Gasteiger partial charge < -0.3 is 15.1 Å². The molecule has 0 aliphatic rings. The van der Waals surface area contributed by atoms with Crippen LogP contribution in [0.3, 0.4) is 0 Å². The third-order valence-electron chi connectivity index (χ3n) is 2.98. The molecule has 98 valence electrons. The van der Waals surface area contributed by atoms with Crippen LogP contribution in [0.5, 0.6) is 0 Å². The van der Waals surface area contributed by atoms with Crippen LogP contribution in [0.25, 0.3) is 0 Å². The van der Waals surface area contributed by atoms with Gasteiger partial charge in [0.1, 0.15) is 0 Å². The molecule has 0 spiro atoms. The average molecular weight is 229 g/mol. The third-order valence-corrected chi connectivity index (χ3v) is 2.98. The predicted molar refractivity (Wildman–Crippen MR) is 73.0 cm³/mol. The lowest BCUT2D eigenvalue weighted by Crippen LogP contribution is -2.35. The zero-order valence-electron chi connectivity index (χ0n) is 12.1. The fraction of sp³-hybridized carbons (Fsp3) is 1.00. The summed E-state index contributed by atoms with van der Waals surface area (Å²) in [5.41, 5.74) is 0. The third kappa shape index (κ3) is 9.13. The Morgan fingerprint density at radius 2 is 1.62 bits per heavy atom. The van der Waals surface area contributed by atoms with Gasteiger partial charge in [0.25, 0.3) is 0 Å². The standard InChI is InChI=1S/C13H31N3/c1-12(2)14-9-8-13(3)16(6)11-7-10-15(4)5/h12-14H,7-11H2,1-6H3. The van der Waals surface area contributed by atoms with Crippen LogP contribution in [-0.4, -0.2) is 62.7 Å². The minimum absolute atomic E-state index is 0.603. The molecule has 0 heterocycles. The fourth-order valence-corrected chi connectivity index (χ4v) is 1.66. The molecule has 3 heteroatoms. The van der Waals surface area contributed by atoms with Gasteiger partial charge in [-0.25, -0.2) is 0 Å². The van der Waals surface area contributed by atoms with Crippen molar-refractivity contribution in [2.45, 2.75) is 45.7 Å². The summed E-state index contributed by atoms with van der Waals surface area (Å²) in [7, 11) is 6.50. The first-order valence-corrected chi connectivity index (χ1v) is 6.51. The van der Waals surface area contributed by atoms with E-state index in [1.54, 1.807) is 0 Å². The lowest BCUT2D eigenvalue weighted by molar-refractivity contribution is 0.230. The number of nitrogens with one attached hydrogen (secondary N) is 1. The zero-order chi connectivity index (χ0) is 12.6. The average Bonchev–Trinajstić information content (AvgIpc) is 2.16. The summed E-state index contributed by atoms with van der Waals surface area (Å²) in [4.78, 5) is 4.71. The van der Waals surface area contributed by atoms with Crippen LogP contribution >= 0.6 is 0 Å². The molecule has 0 fully saturated rings. The normalized spacial score (nSPS) is 14.1. The van der Waals surface area contributed by atoms with Gasteiger partial charge in [0.05, 0.1) is 0 Å². The molecule has 0 saturated carbocycles. The van der Waals surface area contributed by atoms with Gasteiger partial charge in [0.2, 0.25) is 0 Å². The molecule has 0 radical (unpaired) electrons. The minimum atomic E-state index is 0.603. The van der Waals surface area contributed by atoms with E-state index in [9.17, 15) is 0 Å². The fourth-order valence-electron chi connectivity index (χ4n) is 1.66. The monoisotopic (exact) mass is 229 g/mol. The molecule has 0 aromatic carbocycles. The highest BCUT2D eigenvalue weighted by Crippen LogP contribution is 2.01. The van der Waals surface area contributed by atoms with Gasteiger partial charge in [0.15, 0.2) is 0 Å². The molecule has 1 atom stereocenters. The van der Waals surface area contributed by atoms with E-state index >= 15 is 0 Å². The molecule has 3 nitrogen and oxygen atoms in total. The van der Waals surface area contributed by atoms with Crippen molar-refractivity contribution in [2.75, 3.05) is 40.8 Å². The van der Waals surface area contributed by atoms with Crippen LogP contribution in [-0.2, 0) is 0 Å². The van der Waals surface area contributed by atoms with Gasteiger partial charge in [-0.3, -0.25) is 0 Å². The van der Waals surface area contributed by atoms with E-state index in [0.29, 0.717) is 12.1 Å². The van der Waals surface area contributed by atoms with E-state index in [4.69, 9.17) is 0 Å². The molecule has 0 aromatic heterocycles. The van der Waals surface area contributed by atoms with Crippen molar-refractivity contribution in [3.63, 3.8) is 0 Å². The quantitative estimate of drug-likeness (QED) is 0.648. The van der Waals surface area contributed by atoms with Crippen LogP contribution in [0.4, 0.5) is 0 Å². The number of hydrogen-bond acceptors (Lipinski definition) is 3. The first-order valence-electron chi connectivity index (χ1n) is 6.51. The van der Waals surface area contributed by atoms with Crippen molar-refractivity contribution in [2.24, 2.45) is 0 Å². The zero-order valence-corrected chi connectivity index (χ0v) is 12.1. The first kappa shape index (κ1) is 15.9. The largest absolute Gasteiger partial charge is 0.314 e. The maximum absolute atomic E-state index is 3.47. The van der Waals surface area contributed by atoms with E-state index in [1.807, 2.05) is 0 Å². The summed E-state index contributed by atoms with van der Waals surface area (Å²) in [6, 6.07) is 1.28. The van der Waals surface area contributed by atoms with Crippen LogP contribution < -0.4 is 5.32 Å². The smallest absolute Gasteiger partial charge is 0.00759 e. The highest BCUT2D eigenvalue weighted by Gasteiger charge is 2.08. The molecule has 0 aliphatic heterocycles. The van der Waals surface area contributed by atoms with Crippen LogP contribution in [0.2, 0.25) is 0 Å². The van der Waals surface area contributed by atoms with E-state index in [2.05, 4.69) is 57.0 Å². The second-order valence-corrected chi connectivity index (χ2v) is 5.38. The minimum Gasteiger partial charge on any atom is -0.314 e. The summed E-state index contributed by atoms with van der Waals surface area (Å²) < 4.78 is 0. The SMILES string of the molecule is CC(C)NCCC(C)N(C)CCCN(C)C. The molecule has 0 bridgehead atoms. The van der Waals surface area contributed by atoms with Gasteiger partial charge in [-0.05, 0) is 60.5 Å². The Labute approximate surface area is 102 Å². The number of nitrogens with zero attached hydrogens (tertiary/aromatic N) is 2. The molecule has 0 saturated heterocycles. The van der Waals surface area contributed by atoms with Gasteiger partial charge in [-0.1, -0.05) is 13.8 Å². The van der Waals surface area contributed by atoms with Crippen LogP contribution in [0, 0.1) is 0 Å². The lowest BCUT2D eigenvalue weighted by Gasteiger charge is -2.25. The Morgan fingerprint density at radius 1 is 1.00 bits per heavy atom. The Bertz CT molecular complexity index is 139. The summed E-state index contributed by atoms with van der Waals surface area (Å²) >= 11 is 0. The van der Waals surface area contributed by atoms with Crippen molar-refractivity contribution < 1.29 is 0 Å². The van der Waals surface area contributed by atoms with Crippen LogP contribution in [0.15, 0.2) is 0 Å². The van der Waals surface area contributed by atoms with Crippen molar-refractivity contribution in [3.8, 4) is 0 Å². The lowest BCUT2D eigenvalue weighted by atomic mass is 10.2. The first-order chi connectivity index (χ1) is 7.43. The van der Waals surface area contributed by atoms with Crippen molar-refractivity contribution >= 4 is 0 Å². The van der Waals surface area contributed by atoms with Gasteiger partial charge in [0, 0.05) is 12.1 Å². The van der Waals surface area contributed by atoms with E-state index in [-0.39, 0.29) is 0 Å². The Hall–Kier alpha value is -0.120. The Morgan fingerprint density at radius 3 is 2.12 bits per heavy atom. The van der Waals surface area contributed by atoms with Gasteiger partial charge >= 0.3 is 0 Å². The Kier molecular flexibility index (Phi) is 8.90. The summed E-state index contributed by atoms with van der Waals surface area (Å²) in [6.45, 7) is 10.2. The molecular weight excluding hydrogens is 198 g/mol. The number of hydrogen-bond donors (Lipinski definition) is 1. The second-order valence-electron chi connectivity index (χ2n) is 5.38. The van der Waals surface area contributed by atoms with Crippen molar-refractivity contribution in [1.82, 2.24) is 15.1 Å². The Balaban J connectivity index is 3.52. The second kappa shape index (κ2) is 8.97. The molecule has 0 aliphatic carbocycles. The summed E-state index contributed by atoms with van der Waals surface area (Å²) in [5.74, 6) is 0. The van der Waals surface area contributed by atoms with E-state index in [1.165, 1.54) is 25.9 Å². The van der Waals surface area contributed by atoms with Crippen molar-refractivity contribution in [3.05, 3.63) is 0 Å². The maximum Gasteiger partial charge on any atom is 0.00759 e. The molecule has 1 N–H and O–H groups in total. The topological polar surface area (TPSA) is 18.5 Å². The highest BCUT2D eigenvalue weighted by molar-refractivity contribution is 4.66. The molecule has 0 amide bonds. The van der Waals surface area contributed by atoms with Crippen LogP contribution in [0.1, 0.15) is 33.6 Å². The summed E-state index contributed by atoms with van der Waals surface area (Å²) in [6.07, 6.45) is 2.49. The maximum atomic E-state index is 3.47. The molecule has 1 unspecified atom stereocenters. The number of rotatable bonds is 9.